The van der Waals surface area contributed by atoms with Gasteiger partial charge in [0.2, 0.25) is 0 Å². The molecule has 0 saturated carbocycles. The van der Waals surface area contributed by atoms with Crippen molar-refractivity contribution in [3.63, 3.8) is 0 Å². The van der Waals surface area contributed by atoms with Crippen molar-refractivity contribution in [1.82, 2.24) is 10.2 Å². The normalized spacial score (nSPS) is 19.2. The van der Waals surface area contributed by atoms with E-state index in [0.717, 1.165) is 38.5 Å². The van der Waals surface area contributed by atoms with Gasteiger partial charge in [-0.1, -0.05) is 36.4 Å². The zero-order chi connectivity index (χ0) is 13.8. The molecule has 3 rings (SSSR count). The molecule has 0 unspecified atom stereocenters. The summed E-state index contributed by atoms with van der Waals surface area (Å²) in [4.78, 5) is 2.49. The standard InChI is InChI=1S/C17H22N2O.ClH/c1-14-13-18-9-10-19(14)11-12-20-17-8-4-6-15-5-2-3-7-16(15)17;/h2-8,14,18H,9-13H2,1H3;1H/t14-;/m1./s1. The Morgan fingerprint density at radius 2 is 2.00 bits per heavy atom. The van der Waals surface area contributed by atoms with Gasteiger partial charge < -0.3 is 10.1 Å². The third-order valence-electron chi connectivity index (χ3n) is 4.02. The van der Waals surface area contributed by atoms with Crippen LogP contribution >= 0.6 is 12.4 Å². The van der Waals surface area contributed by atoms with Gasteiger partial charge in [-0.05, 0) is 18.4 Å². The maximum absolute atomic E-state index is 6.01. The summed E-state index contributed by atoms with van der Waals surface area (Å²) in [6.07, 6.45) is 0. The van der Waals surface area contributed by atoms with Gasteiger partial charge in [-0.3, -0.25) is 4.90 Å². The van der Waals surface area contributed by atoms with Gasteiger partial charge in [0.25, 0.3) is 0 Å². The van der Waals surface area contributed by atoms with E-state index in [1.165, 1.54) is 10.8 Å². The zero-order valence-corrected chi connectivity index (χ0v) is 13.2. The van der Waals surface area contributed by atoms with E-state index in [0.29, 0.717) is 6.04 Å². The monoisotopic (exact) mass is 306 g/mol. The Hall–Kier alpha value is -1.29. The number of piperazine rings is 1. The summed E-state index contributed by atoms with van der Waals surface area (Å²) >= 11 is 0. The molecule has 1 saturated heterocycles. The van der Waals surface area contributed by atoms with Gasteiger partial charge in [0.05, 0.1) is 0 Å². The van der Waals surface area contributed by atoms with Gasteiger partial charge in [-0.25, -0.2) is 0 Å². The van der Waals surface area contributed by atoms with Crippen molar-refractivity contribution >= 4 is 23.2 Å². The Morgan fingerprint density at radius 3 is 2.86 bits per heavy atom. The fourth-order valence-electron chi connectivity index (χ4n) is 2.81. The molecule has 0 radical (unpaired) electrons. The van der Waals surface area contributed by atoms with Crippen molar-refractivity contribution in [3.8, 4) is 5.75 Å². The number of rotatable bonds is 4. The Bertz CT molecular complexity index is 570. The second-order valence-corrected chi connectivity index (χ2v) is 5.41. The van der Waals surface area contributed by atoms with E-state index in [2.05, 4.69) is 59.6 Å². The quantitative estimate of drug-likeness (QED) is 0.940. The van der Waals surface area contributed by atoms with E-state index in [4.69, 9.17) is 4.74 Å². The molecule has 0 spiro atoms. The topological polar surface area (TPSA) is 24.5 Å². The van der Waals surface area contributed by atoms with Crippen molar-refractivity contribution in [2.24, 2.45) is 0 Å². The first-order chi connectivity index (χ1) is 9.84. The molecule has 0 aliphatic carbocycles. The lowest BCUT2D eigenvalue weighted by Gasteiger charge is -2.33. The van der Waals surface area contributed by atoms with E-state index in [1.807, 2.05) is 0 Å². The van der Waals surface area contributed by atoms with Crippen LogP contribution in [0.1, 0.15) is 6.92 Å². The van der Waals surface area contributed by atoms with Crippen LogP contribution in [0, 0.1) is 0 Å². The lowest BCUT2D eigenvalue weighted by molar-refractivity contribution is 0.144. The lowest BCUT2D eigenvalue weighted by Crippen LogP contribution is -2.50. The van der Waals surface area contributed by atoms with Crippen molar-refractivity contribution < 1.29 is 4.74 Å². The highest BCUT2D eigenvalue weighted by Crippen LogP contribution is 2.25. The molecule has 1 heterocycles. The van der Waals surface area contributed by atoms with Gasteiger partial charge in [-0.2, -0.15) is 0 Å². The summed E-state index contributed by atoms with van der Waals surface area (Å²) < 4.78 is 6.01. The summed E-state index contributed by atoms with van der Waals surface area (Å²) in [5.74, 6) is 0.992. The van der Waals surface area contributed by atoms with Gasteiger partial charge in [-0.15, -0.1) is 12.4 Å². The summed E-state index contributed by atoms with van der Waals surface area (Å²) in [6.45, 7) is 7.28. The molecule has 114 valence electrons. The third kappa shape index (κ3) is 3.88. The van der Waals surface area contributed by atoms with Crippen LogP contribution in [0.5, 0.6) is 5.75 Å². The van der Waals surface area contributed by atoms with Crippen LogP contribution in [-0.4, -0.2) is 43.7 Å². The maximum atomic E-state index is 6.01. The van der Waals surface area contributed by atoms with E-state index >= 15 is 0 Å². The number of benzene rings is 2. The van der Waals surface area contributed by atoms with Crippen LogP contribution in [0.15, 0.2) is 42.5 Å². The van der Waals surface area contributed by atoms with Gasteiger partial charge in [0.15, 0.2) is 0 Å². The summed E-state index contributed by atoms with van der Waals surface area (Å²) in [5.41, 5.74) is 0. The number of hydrogen-bond acceptors (Lipinski definition) is 3. The van der Waals surface area contributed by atoms with E-state index in [-0.39, 0.29) is 12.4 Å². The smallest absolute Gasteiger partial charge is 0.127 e. The summed E-state index contributed by atoms with van der Waals surface area (Å²) in [7, 11) is 0. The first-order valence-corrected chi connectivity index (χ1v) is 7.40. The van der Waals surface area contributed by atoms with Crippen LogP contribution in [0.3, 0.4) is 0 Å². The van der Waals surface area contributed by atoms with Crippen LogP contribution < -0.4 is 10.1 Å². The van der Waals surface area contributed by atoms with Gasteiger partial charge >= 0.3 is 0 Å². The molecule has 0 amide bonds. The van der Waals surface area contributed by atoms with Gasteiger partial charge in [0, 0.05) is 37.6 Å². The highest BCUT2D eigenvalue weighted by molar-refractivity contribution is 5.88. The molecule has 21 heavy (non-hydrogen) atoms. The number of nitrogens with zero attached hydrogens (tertiary/aromatic N) is 1. The van der Waals surface area contributed by atoms with Crippen LogP contribution in [0.4, 0.5) is 0 Å². The average Bonchev–Trinajstić information content (AvgIpc) is 2.49. The molecule has 4 heteroatoms. The maximum Gasteiger partial charge on any atom is 0.127 e. The molecule has 1 aliphatic rings. The fraction of sp³-hybridized carbons (Fsp3) is 0.412. The largest absolute Gasteiger partial charge is 0.492 e. The third-order valence-corrected chi connectivity index (χ3v) is 4.02. The molecule has 1 atom stereocenters. The second kappa shape index (κ2) is 7.64. The van der Waals surface area contributed by atoms with E-state index in [1.54, 1.807) is 0 Å². The lowest BCUT2D eigenvalue weighted by atomic mass is 10.1. The van der Waals surface area contributed by atoms with Crippen LogP contribution in [0.2, 0.25) is 0 Å². The molecule has 0 aromatic heterocycles. The van der Waals surface area contributed by atoms with Crippen LogP contribution in [-0.2, 0) is 0 Å². The highest BCUT2D eigenvalue weighted by atomic mass is 35.5. The molecule has 2 aromatic rings. The SMILES string of the molecule is C[C@@H]1CNCCN1CCOc1cccc2ccccc12.Cl. The molecule has 1 fully saturated rings. The zero-order valence-electron chi connectivity index (χ0n) is 12.4. The minimum absolute atomic E-state index is 0. The van der Waals surface area contributed by atoms with Crippen LogP contribution in [0.25, 0.3) is 10.8 Å². The van der Waals surface area contributed by atoms with E-state index in [9.17, 15) is 0 Å². The highest BCUT2D eigenvalue weighted by Gasteiger charge is 2.17. The minimum atomic E-state index is 0. The molecular weight excluding hydrogens is 284 g/mol. The molecule has 3 nitrogen and oxygen atoms in total. The summed E-state index contributed by atoms with van der Waals surface area (Å²) in [5, 5.41) is 5.85. The van der Waals surface area contributed by atoms with Crippen molar-refractivity contribution in [3.05, 3.63) is 42.5 Å². The molecule has 0 bridgehead atoms. The molecule has 1 aliphatic heterocycles. The Kier molecular flexibility index (Phi) is 5.85. The average molecular weight is 307 g/mol. The number of ether oxygens (including phenoxy) is 1. The molecule has 1 N–H and O–H groups in total. The van der Waals surface area contributed by atoms with Gasteiger partial charge in [0.1, 0.15) is 12.4 Å². The molecular formula is C17H23ClN2O. The first-order valence-electron chi connectivity index (χ1n) is 7.40. The second-order valence-electron chi connectivity index (χ2n) is 5.41. The fourth-order valence-corrected chi connectivity index (χ4v) is 2.81. The Balaban J connectivity index is 0.00000161. The predicted molar refractivity (Wildman–Crippen MR) is 90.6 cm³/mol. The van der Waals surface area contributed by atoms with Crippen molar-refractivity contribution in [1.29, 1.82) is 0 Å². The van der Waals surface area contributed by atoms with Crippen molar-refractivity contribution in [2.75, 3.05) is 32.8 Å². The Labute approximate surface area is 132 Å². The number of fused-ring (bicyclic) bond motifs is 1. The predicted octanol–water partition coefficient (Wildman–Crippen LogP) is 2.93. The van der Waals surface area contributed by atoms with Crippen molar-refractivity contribution in [2.45, 2.75) is 13.0 Å². The number of halogens is 1. The summed E-state index contributed by atoms with van der Waals surface area (Å²) in [6, 6.07) is 15.2. The number of hydrogen-bond donors (Lipinski definition) is 1. The minimum Gasteiger partial charge on any atom is -0.492 e. The Morgan fingerprint density at radius 1 is 1.19 bits per heavy atom. The number of nitrogens with one attached hydrogen (secondary N) is 1. The molecule has 2 aromatic carbocycles. The van der Waals surface area contributed by atoms with E-state index < -0.39 is 0 Å². The first kappa shape index (κ1) is 16.1.